The van der Waals surface area contributed by atoms with Crippen molar-refractivity contribution < 1.29 is 19.1 Å². The minimum atomic E-state index is -0.616. The van der Waals surface area contributed by atoms with Crippen molar-refractivity contribution >= 4 is 34.7 Å². The van der Waals surface area contributed by atoms with Crippen LogP contribution in [0.15, 0.2) is 78.0 Å². The summed E-state index contributed by atoms with van der Waals surface area (Å²) in [5.41, 5.74) is 5.35. The van der Waals surface area contributed by atoms with Crippen molar-refractivity contribution in [2.75, 3.05) is 12.4 Å². The van der Waals surface area contributed by atoms with Crippen molar-refractivity contribution in [3.05, 3.63) is 89.5 Å². The molecule has 0 aliphatic heterocycles. The fraction of sp³-hybridized carbons (Fsp3) is 0.222. The Bertz CT molecular complexity index is 1300. The third-order valence-electron chi connectivity index (χ3n) is 5.28. The van der Waals surface area contributed by atoms with Crippen LogP contribution in [0.3, 0.4) is 0 Å². The number of para-hydroxylation sites is 2. The lowest BCUT2D eigenvalue weighted by Crippen LogP contribution is -2.20. The molecule has 0 unspecified atom stereocenters. The van der Waals surface area contributed by atoms with E-state index in [4.69, 9.17) is 14.5 Å². The Morgan fingerprint density at radius 2 is 1.74 bits per heavy atom. The largest absolute Gasteiger partial charge is 0.453 e. The average Bonchev–Trinajstić information content (AvgIpc) is 3.19. The van der Waals surface area contributed by atoms with E-state index in [-0.39, 0.29) is 5.75 Å². The Kier molecular flexibility index (Phi) is 7.65. The number of rotatable bonds is 9. The first-order valence-electron chi connectivity index (χ1n) is 11.1. The first kappa shape index (κ1) is 23.6. The molecule has 1 aromatic heterocycles. The van der Waals surface area contributed by atoms with Crippen LogP contribution in [0, 0.1) is 6.92 Å². The molecule has 0 bridgehead atoms. The van der Waals surface area contributed by atoms with E-state index in [1.165, 1.54) is 17.3 Å². The van der Waals surface area contributed by atoms with E-state index in [1.54, 1.807) is 12.1 Å². The standard InChI is InChI=1S/C27H26N2O4S/c1-3-20-11-13-22(14-12-20)33-25(30)17-32-26(31)18-34-27-28-23-9-4-5-10-24(23)29(27)16-21-8-6-7-19(2)15-21/h4-15H,3,16-18H2,1-2H3. The summed E-state index contributed by atoms with van der Waals surface area (Å²) in [6, 6.07) is 23.4. The number of thioether (sulfide) groups is 1. The van der Waals surface area contributed by atoms with E-state index >= 15 is 0 Å². The summed E-state index contributed by atoms with van der Waals surface area (Å²) in [4.78, 5) is 29.0. The predicted octanol–water partition coefficient (Wildman–Crippen LogP) is 5.20. The normalized spacial score (nSPS) is 10.9. The Morgan fingerprint density at radius 1 is 0.941 bits per heavy atom. The summed E-state index contributed by atoms with van der Waals surface area (Å²) in [6.07, 6.45) is 0.905. The van der Waals surface area contributed by atoms with Gasteiger partial charge in [-0.05, 0) is 48.7 Å². The van der Waals surface area contributed by atoms with Gasteiger partial charge in [-0.3, -0.25) is 4.79 Å². The molecule has 0 amide bonds. The molecule has 7 heteroatoms. The van der Waals surface area contributed by atoms with Crippen LogP contribution in [0.4, 0.5) is 0 Å². The van der Waals surface area contributed by atoms with Gasteiger partial charge in [0.2, 0.25) is 0 Å². The topological polar surface area (TPSA) is 70.4 Å². The van der Waals surface area contributed by atoms with E-state index in [0.717, 1.165) is 33.7 Å². The number of carbonyl (C=O) groups is 2. The first-order chi connectivity index (χ1) is 16.5. The number of hydrogen-bond donors (Lipinski definition) is 0. The van der Waals surface area contributed by atoms with Crippen LogP contribution in [-0.2, 0) is 27.3 Å². The highest BCUT2D eigenvalue weighted by Crippen LogP contribution is 2.25. The van der Waals surface area contributed by atoms with Gasteiger partial charge in [-0.15, -0.1) is 0 Å². The quantitative estimate of drug-likeness (QED) is 0.189. The van der Waals surface area contributed by atoms with E-state index < -0.39 is 18.5 Å². The number of aromatic nitrogens is 2. The molecule has 3 aromatic carbocycles. The monoisotopic (exact) mass is 474 g/mol. The molecule has 0 fully saturated rings. The SMILES string of the molecule is CCc1ccc(OC(=O)COC(=O)CSc2nc3ccccc3n2Cc2cccc(C)c2)cc1. The van der Waals surface area contributed by atoms with Gasteiger partial charge in [-0.25, -0.2) is 9.78 Å². The fourth-order valence-corrected chi connectivity index (χ4v) is 4.38. The second kappa shape index (κ2) is 11.0. The minimum Gasteiger partial charge on any atom is -0.453 e. The van der Waals surface area contributed by atoms with Crippen molar-refractivity contribution in [2.24, 2.45) is 0 Å². The summed E-state index contributed by atoms with van der Waals surface area (Å²) in [7, 11) is 0. The maximum absolute atomic E-state index is 12.3. The lowest BCUT2D eigenvalue weighted by molar-refractivity contribution is -0.151. The molecule has 4 rings (SSSR count). The van der Waals surface area contributed by atoms with Crippen LogP contribution in [-0.4, -0.2) is 33.8 Å². The molecule has 0 spiro atoms. The maximum Gasteiger partial charge on any atom is 0.349 e. The Morgan fingerprint density at radius 3 is 2.50 bits per heavy atom. The molecule has 34 heavy (non-hydrogen) atoms. The van der Waals surface area contributed by atoms with Crippen molar-refractivity contribution in [2.45, 2.75) is 32.0 Å². The Balaban J connectivity index is 1.36. The Hall–Kier alpha value is -3.58. The Labute approximate surface area is 202 Å². The van der Waals surface area contributed by atoms with Crippen LogP contribution < -0.4 is 4.74 Å². The van der Waals surface area contributed by atoms with E-state index in [2.05, 4.69) is 36.6 Å². The molecular formula is C27H26N2O4S. The average molecular weight is 475 g/mol. The van der Waals surface area contributed by atoms with Crippen LogP contribution in [0.2, 0.25) is 0 Å². The molecule has 0 atom stereocenters. The molecule has 4 aromatic rings. The summed E-state index contributed by atoms with van der Waals surface area (Å²) >= 11 is 1.29. The predicted molar refractivity (Wildman–Crippen MR) is 133 cm³/mol. The molecule has 0 aliphatic rings. The highest BCUT2D eigenvalue weighted by molar-refractivity contribution is 7.99. The van der Waals surface area contributed by atoms with Gasteiger partial charge >= 0.3 is 11.9 Å². The van der Waals surface area contributed by atoms with Crippen molar-refractivity contribution in [1.29, 1.82) is 0 Å². The summed E-state index contributed by atoms with van der Waals surface area (Å²) in [6.45, 7) is 4.32. The molecular weight excluding hydrogens is 448 g/mol. The smallest absolute Gasteiger partial charge is 0.349 e. The molecule has 0 saturated heterocycles. The van der Waals surface area contributed by atoms with E-state index in [0.29, 0.717) is 12.3 Å². The zero-order valence-corrected chi connectivity index (χ0v) is 20.0. The molecule has 0 radical (unpaired) electrons. The summed E-state index contributed by atoms with van der Waals surface area (Å²) in [5.74, 6) is -0.653. The molecule has 0 saturated carbocycles. The molecule has 0 aliphatic carbocycles. The van der Waals surface area contributed by atoms with Gasteiger partial charge in [0.1, 0.15) is 5.75 Å². The van der Waals surface area contributed by atoms with Crippen LogP contribution >= 0.6 is 11.8 Å². The van der Waals surface area contributed by atoms with Crippen molar-refractivity contribution in [1.82, 2.24) is 9.55 Å². The number of ether oxygens (including phenoxy) is 2. The van der Waals surface area contributed by atoms with Gasteiger partial charge < -0.3 is 14.0 Å². The van der Waals surface area contributed by atoms with Gasteiger partial charge in [-0.2, -0.15) is 0 Å². The number of carbonyl (C=O) groups excluding carboxylic acids is 2. The van der Waals surface area contributed by atoms with Crippen LogP contribution in [0.5, 0.6) is 5.75 Å². The number of fused-ring (bicyclic) bond motifs is 1. The zero-order valence-electron chi connectivity index (χ0n) is 19.2. The number of nitrogens with zero attached hydrogens (tertiary/aromatic N) is 2. The second-order valence-corrected chi connectivity index (χ2v) is 8.82. The number of benzene rings is 3. The zero-order chi connectivity index (χ0) is 23.9. The summed E-state index contributed by atoms with van der Waals surface area (Å²) < 4.78 is 12.4. The maximum atomic E-state index is 12.3. The minimum absolute atomic E-state index is 0.0373. The highest BCUT2D eigenvalue weighted by atomic mass is 32.2. The van der Waals surface area contributed by atoms with E-state index in [9.17, 15) is 9.59 Å². The molecule has 6 nitrogen and oxygen atoms in total. The third-order valence-corrected chi connectivity index (χ3v) is 6.23. The van der Waals surface area contributed by atoms with Crippen LogP contribution in [0.25, 0.3) is 11.0 Å². The number of imidazole rings is 1. The molecule has 1 heterocycles. The second-order valence-electron chi connectivity index (χ2n) is 7.88. The van der Waals surface area contributed by atoms with E-state index in [1.807, 2.05) is 42.5 Å². The lowest BCUT2D eigenvalue weighted by atomic mass is 10.1. The number of hydrogen-bond acceptors (Lipinski definition) is 6. The number of esters is 2. The van der Waals surface area contributed by atoms with Crippen molar-refractivity contribution in [3.63, 3.8) is 0 Å². The lowest BCUT2D eigenvalue weighted by Gasteiger charge is -2.10. The van der Waals surface area contributed by atoms with Crippen molar-refractivity contribution in [3.8, 4) is 5.75 Å². The number of aryl methyl sites for hydroxylation is 2. The highest BCUT2D eigenvalue weighted by Gasteiger charge is 2.15. The third kappa shape index (κ3) is 6.05. The first-order valence-corrected chi connectivity index (χ1v) is 12.1. The van der Waals surface area contributed by atoms with Gasteiger partial charge in [0.25, 0.3) is 0 Å². The van der Waals surface area contributed by atoms with Crippen LogP contribution in [0.1, 0.15) is 23.6 Å². The summed E-state index contributed by atoms with van der Waals surface area (Å²) in [5, 5.41) is 0.721. The van der Waals surface area contributed by atoms with Gasteiger partial charge in [0, 0.05) is 0 Å². The van der Waals surface area contributed by atoms with Gasteiger partial charge in [0.15, 0.2) is 11.8 Å². The molecule has 0 N–H and O–H groups in total. The van der Waals surface area contributed by atoms with Gasteiger partial charge in [-0.1, -0.05) is 72.8 Å². The fourth-order valence-electron chi connectivity index (χ4n) is 3.57. The molecule has 174 valence electrons. The van der Waals surface area contributed by atoms with Gasteiger partial charge in [0.05, 0.1) is 23.3 Å².